The first-order chi connectivity index (χ1) is 19.5. The van der Waals surface area contributed by atoms with Crippen LogP contribution in [0.5, 0.6) is 5.75 Å². The van der Waals surface area contributed by atoms with E-state index in [0.717, 1.165) is 62.4 Å². The van der Waals surface area contributed by atoms with E-state index >= 15 is 0 Å². The number of fused-ring (bicyclic) bond motifs is 1. The summed E-state index contributed by atoms with van der Waals surface area (Å²) in [5.74, 6) is 0.925. The van der Waals surface area contributed by atoms with Crippen LogP contribution in [0.25, 0.3) is 0 Å². The van der Waals surface area contributed by atoms with E-state index in [0.29, 0.717) is 37.4 Å². The molecule has 3 N–H and O–H groups in total. The second-order valence-electron chi connectivity index (χ2n) is 9.85. The first kappa shape index (κ1) is 28.7. The van der Waals surface area contributed by atoms with Crippen molar-refractivity contribution < 1.29 is 14.6 Å². The van der Waals surface area contributed by atoms with Crippen molar-refractivity contribution in [2.45, 2.75) is 51.5 Å². The van der Waals surface area contributed by atoms with Crippen LogP contribution in [0.3, 0.4) is 0 Å². The van der Waals surface area contributed by atoms with Gasteiger partial charge in [0, 0.05) is 31.0 Å². The van der Waals surface area contributed by atoms with Gasteiger partial charge in [-0.1, -0.05) is 6.07 Å². The number of aromatic nitrogens is 4. The van der Waals surface area contributed by atoms with E-state index < -0.39 is 12.0 Å². The minimum atomic E-state index is -0.984. The number of aryl methyl sites for hydroxylation is 3. The Hall–Kier alpha value is -4.30. The van der Waals surface area contributed by atoms with Gasteiger partial charge in [-0.05, 0) is 75.8 Å². The van der Waals surface area contributed by atoms with Crippen molar-refractivity contribution in [3.63, 3.8) is 0 Å². The fourth-order valence-corrected chi connectivity index (χ4v) is 4.50. The molecule has 0 amide bonds. The topological polar surface area (TPSA) is 149 Å². The van der Waals surface area contributed by atoms with E-state index in [4.69, 9.17) is 15.0 Å². The van der Waals surface area contributed by atoms with Crippen molar-refractivity contribution in [3.8, 4) is 11.8 Å². The van der Waals surface area contributed by atoms with Crippen molar-refractivity contribution in [1.29, 1.82) is 5.26 Å². The van der Waals surface area contributed by atoms with Crippen molar-refractivity contribution >= 4 is 17.7 Å². The molecule has 0 bridgehead atoms. The second kappa shape index (κ2) is 14.7. The summed E-state index contributed by atoms with van der Waals surface area (Å²) in [4.78, 5) is 31.3. The zero-order valence-corrected chi connectivity index (χ0v) is 22.8. The van der Waals surface area contributed by atoms with Gasteiger partial charge in [0.05, 0.1) is 24.2 Å². The minimum absolute atomic E-state index is 0.181. The molecule has 0 aliphatic carbocycles. The molecule has 4 rings (SSSR count). The first-order valence-electron chi connectivity index (χ1n) is 13.7. The average Bonchev–Trinajstić information content (AvgIpc) is 2.98. The maximum Gasteiger partial charge on any atom is 0.326 e. The fourth-order valence-electron chi connectivity index (χ4n) is 4.50. The highest BCUT2D eigenvalue weighted by Gasteiger charge is 2.20. The molecule has 1 aliphatic rings. The lowest BCUT2D eigenvalue weighted by molar-refractivity contribution is -0.138. The smallest absolute Gasteiger partial charge is 0.326 e. The van der Waals surface area contributed by atoms with Crippen LogP contribution in [0.4, 0.5) is 11.8 Å². The van der Waals surface area contributed by atoms with Crippen LogP contribution in [-0.4, -0.2) is 74.7 Å². The van der Waals surface area contributed by atoms with Gasteiger partial charge < -0.3 is 20.5 Å². The molecule has 1 aliphatic heterocycles. The van der Waals surface area contributed by atoms with E-state index in [1.54, 1.807) is 6.20 Å². The maximum absolute atomic E-state index is 12.0. The highest BCUT2D eigenvalue weighted by molar-refractivity contribution is 5.76. The predicted molar refractivity (Wildman–Crippen MR) is 151 cm³/mol. The SMILES string of the molecule is Cc1ccc(OCCN(CCCCc2ccc3c(n2)NCCC3)CCC(Nc2ncc(C#N)cn2)C(=O)O)cn1. The summed E-state index contributed by atoms with van der Waals surface area (Å²) in [6.45, 7) is 5.37. The van der Waals surface area contributed by atoms with Crippen molar-refractivity contribution in [2.75, 3.05) is 43.4 Å². The molecule has 4 heterocycles. The number of nitrogens with zero attached hydrogens (tertiary/aromatic N) is 6. The number of unbranched alkanes of at least 4 members (excludes halogenated alkanes) is 1. The Morgan fingerprint density at radius 2 is 2.00 bits per heavy atom. The van der Waals surface area contributed by atoms with Gasteiger partial charge in [-0.15, -0.1) is 0 Å². The van der Waals surface area contributed by atoms with Crippen molar-refractivity contribution in [3.05, 3.63) is 65.4 Å². The van der Waals surface area contributed by atoms with Crippen molar-refractivity contribution in [2.24, 2.45) is 0 Å². The number of carbonyl (C=O) groups is 1. The molecule has 0 aromatic carbocycles. The van der Waals surface area contributed by atoms with Crippen LogP contribution in [0.15, 0.2) is 42.9 Å². The molecule has 0 saturated carbocycles. The third-order valence-corrected chi connectivity index (χ3v) is 6.79. The highest BCUT2D eigenvalue weighted by atomic mass is 16.5. The van der Waals surface area contributed by atoms with Gasteiger partial charge in [-0.3, -0.25) is 9.88 Å². The average molecular weight is 545 g/mol. The number of ether oxygens (including phenoxy) is 1. The Morgan fingerprint density at radius 3 is 2.75 bits per heavy atom. The Labute approximate surface area is 234 Å². The van der Waals surface area contributed by atoms with E-state index in [9.17, 15) is 9.90 Å². The lowest BCUT2D eigenvalue weighted by atomic mass is 10.1. The summed E-state index contributed by atoms with van der Waals surface area (Å²) in [5, 5.41) is 25.0. The van der Waals surface area contributed by atoms with Gasteiger partial charge in [-0.2, -0.15) is 5.26 Å². The normalized spacial score (nSPS) is 13.1. The van der Waals surface area contributed by atoms with Crippen LogP contribution in [-0.2, 0) is 17.6 Å². The summed E-state index contributed by atoms with van der Waals surface area (Å²) in [6, 6.07) is 9.20. The number of rotatable bonds is 15. The molecule has 0 fully saturated rings. The molecule has 0 spiro atoms. The molecule has 40 heavy (non-hydrogen) atoms. The van der Waals surface area contributed by atoms with Gasteiger partial charge >= 0.3 is 5.97 Å². The molecular formula is C29H36N8O3. The molecule has 1 unspecified atom stereocenters. The summed E-state index contributed by atoms with van der Waals surface area (Å²) < 4.78 is 5.89. The van der Waals surface area contributed by atoms with Gasteiger partial charge in [0.2, 0.25) is 5.95 Å². The second-order valence-corrected chi connectivity index (χ2v) is 9.85. The number of hydrogen-bond acceptors (Lipinski definition) is 10. The van der Waals surface area contributed by atoms with E-state index in [-0.39, 0.29) is 5.95 Å². The molecule has 210 valence electrons. The molecular weight excluding hydrogens is 508 g/mol. The first-order valence-corrected chi connectivity index (χ1v) is 13.7. The lowest BCUT2D eigenvalue weighted by Crippen LogP contribution is -2.37. The van der Waals surface area contributed by atoms with Crippen molar-refractivity contribution in [1.82, 2.24) is 24.8 Å². The maximum atomic E-state index is 12.0. The molecule has 1 atom stereocenters. The number of aliphatic carboxylic acids is 1. The quantitative estimate of drug-likeness (QED) is 0.241. The van der Waals surface area contributed by atoms with Crippen LogP contribution in [0.2, 0.25) is 0 Å². The van der Waals surface area contributed by atoms with Gasteiger partial charge in [0.25, 0.3) is 0 Å². The summed E-state index contributed by atoms with van der Waals surface area (Å²) in [6.07, 6.45) is 9.83. The third-order valence-electron chi connectivity index (χ3n) is 6.79. The molecule has 0 radical (unpaired) electrons. The highest BCUT2D eigenvalue weighted by Crippen LogP contribution is 2.20. The van der Waals surface area contributed by atoms with Crippen LogP contribution in [0.1, 0.15) is 48.2 Å². The number of hydrogen-bond donors (Lipinski definition) is 3. The number of anilines is 2. The summed E-state index contributed by atoms with van der Waals surface area (Å²) >= 11 is 0. The monoisotopic (exact) mass is 544 g/mol. The number of carboxylic acids is 1. The van der Waals surface area contributed by atoms with E-state index in [2.05, 4.69) is 42.6 Å². The van der Waals surface area contributed by atoms with Crippen LogP contribution < -0.4 is 15.4 Å². The molecule has 0 saturated heterocycles. The van der Waals surface area contributed by atoms with Gasteiger partial charge in [-0.25, -0.2) is 19.7 Å². The zero-order chi connectivity index (χ0) is 28.2. The fraction of sp³-hybridized carbons (Fsp3) is 0.448. The van der Waals surface area contributed by atoms with Gasteiger partial charge in [0.1, 0.15) is 30.3 Å². The minimum Gasteiger partial charge on any atom is -0.491 e. The van der Waals surface area contributed by atoms with Crippen LogP contribution >= 0.6 is 0 Å². The van der Waals surface area contributed by atoms with Crippen LogP contribution in [0, 0.1) is 18.3 Å². The molecule has 3 aromatic rings. The molecule has 11 heteroatoms. The number of nitrogens with one attached hydrogen (secondary N) is 2. The third kappa shape index (κ3) is 8.88. The Balaban J connectivity index is 1.30. The summed E-state index contributed by atoms with van der Waals surface area (Å²) in [7, 11) is 0. The number of nitriles is 1. The molecule has 3 aromatic heterocycles. The summed E-state index contributed by atoms with van der Waals surface area (Å²) in [5.41, 5.74) is 3.62. The number of carboxylic acid groups (broad SMARTS) is 1. The standard InChI is InChI=1S/C29H36N8O3/c1-21-7-10-25(20-32-21)40-16-15-37(13-3-2-6-24-9-8-23-5-4-12-31-27(23)35-24)14-11-26(28(38)39)36-29-33-18-22(17-30)19-34-29/h7-10,18-20,26H,2-6,11-16H2,1H3,(H,31,35)(H,38,39)(H,33,34,36). The lowest BCUT2D eigenvalue weighted by Gasteiger charge is -2.24. The molecule has 11 nitrogen and oxygen atoms in total. The largest absolute Gasteiger partial charge is 0.491 e. The zero-order valence-electron chi connectivity index (χ0n) is 22.8. The predicted octanol–water partition coefficient (Wildman–Crippen LogP) is 3.46. The van der Waals surface area contributed by atoms with E-state index in [1.165, 1.54) is 18.0 Å². The Bertz CT molecular complexity index is 1280. The van der Waals surface area contributed by atoms with E-state index in [1.807, 2.05) is 25.1 Å². The Morgan fingerprint density at radius 1 is 1.15 bits per heavy atom. The number of pyridine rings is 2. The Kier molecular flexibility index (Phi) is 10.6. The van der Waals surface area contributed by atoms with Gasteiger partial charge in [0.15, 0.2) is 0 Å².